The van der Waals surface area contributed by atoms with E-state index in [-0.39, 0.29) is 0 Å². The van der Waals surface area contributed by atoms with Crippen molar-refractivity contribution < 1.29 is 0 Å². The Morgan fingerprint density at radius 2 is 2.10 bits per heavy atom. The van der Waals surface area contributed by atoms with Crippen molar-refractivity contribution in [2.24, 2.45) is 0 Å². The van der Waals surface area contributed by atoms with E-state index in [4.69, 9.17) is 0 Å². The minimum Gasteiger partial charge on any atom is -0.247 e. The van der Waals surface area contributed by atoms with Crippen LogP contribution in [0.1, 0.15) is 0 Å². The summed E-state index contributed by atoms with van der Waals surface area (Å²) in [6, 6.07) is 1.85. The number of pyridine rings is 1. The van der Waals surface area contributed by atoms with Crippen LogP contribution in [-0.4, -0.2) is 13.7 Å². The Morgan fingerprint density at radius 3 is 3.00 bits per heavy atom. The van der Waals surface area contributed by atoms with E-state index in [0.29, 0.717) is 0 Å². The first kappa shape index (κ1) is 6.18. The van der Waals surface area contributed by atoms with Gasteiger partial charge in [0.15, 0.2) is 0 Å². The van der Waals surface area contributed by atoms with Crippen LogP contribution < -0.4 is 0 Å². The van der Waals surface area contributed by atoms with Gasteiger partial charge in [-0.25, -0.2) is 4.98 Å². The molecule has 10 heavy (non-hydrogen) atoms. The van der Waals surface area contributed by atoms with Crippen molar-refractivity contribution in [3.8, 4) is 0 Å². The maximum absolute atomic E-state index is 4.04. The van der Waals surface area contributed by atoms with Gasteiger partial charge in [-0.3, -0.25) is 0 Å². The SMILES string of the molecule is Brc1cc2nsnc2cn1. The third kappa shape index (κ3) is 0.911. The first-order valence-corrected chi connectivity index (χ1v) is 4.12. The van der Waals surface area contributed by atoms with Crippen molar-refractivity contribution in [3.63, 3.8) is 0 Å². The molecule has 0 radical (unpaired) electrons. The normalized spacial score (nSPS) is 10.5. The minimum atomic E-state index is 0.799. The number of aromatic nitrogens is 3. The minimum absolute atomic E-state index is 0.799. The van der Waals surface area contributed by atoms with Crippen molar-refractivity contribution in [3.05, 3.63) is 16.9 Å². The molecule has 0 aliphatic rings. The predicted molar refractivity (Wildman–Crippen MR) is 42.9 cm³/mol. The summed E-state index contributed by atoms with van der Waals surface area (Å²) in [7, 11) is 0. The average molecular weight is 216 g/mol. The molecule has 0 aliphatic heterocycles. The number of nitrogens with zero attached hydrogens (tertiary/aromatic N) is 3. The van der Waals surface area contributed by atoms with E-state index in [1.807, 2.05) is 6.07 Å². The van der Waals surface area contributed by atoms with Crippen LogP contribution in [0.15, 0.2) is 16.9 Å². The molecule has 5 heteroatoms. The maximum atomic E-state index is 4.04. The summed E-state index contributed by atoms with van der Waals surface area (Å²) in [5, 5.41) is 0. The van der Waals surface area contributed by atoms with E-state index in [9.17, 15) is 0 Å². The Morgan fingerprint density at radius 1 is 1.30 bits per heavy atom. The summed E-state index contributed by atoms with van der Waals surface area (Å²) in [5.74, 6) is 0. The lowest BCUT2D eigenvalue weighted by Crippen LogP contribution is -1.74. The largest absolute Gasteiger partial charge is 0.247 e. The highest BCUT2D eigenvalue weighted by Crippen LogP contribution is 2.13. The van der Waals surface area contributed by atoms with E-state index < -0.39 is 0 Å². The smallest absolute Gasteiger partial charge is 0.123 e. The molecule has 0 amide bonds. The molecule has 0 N–H and O–H groups in total. The van der Waals surface area contributed by atoms with Crippen LogP contribution in [0.4, 0.5) is 0 Å². The molecular formula is C5H2BrN3S. The number of hydrogen-bond acceptors (Lipinski definition) is 4. The van der Waals surface area contributed by atoms with Crippen molar-refractivity contribution in [1.82, 2.24) is 13.7 Å². The molecule has 50 valence electrons. The first-order chi connectivity index (χ1) is 4.86. The Hall–Kier alpha value is -0.550. The second-order valence-electron chi connectivity index (χ2n) is 1.76. The van der Waals surface area contributed by atoms with Gasteiger partial charge in [0.05, 0.1) is 17.9 Å². The molecule has 2 aromatic rings. The fraction of sp³-hybridized carbons (Fsp3) is 0. The Labute approximate surface area is 69.6 Å². The lowest BCUT2D eigenvalue weighted by atomic mass is 10.4. The van der Waals surface area contributed by atoms with Crippen molar-refractivity contribution >= 4 is 38.7 Å². The summed E-state index contributed by atoms with van der Waals surface area (Å²) in [6.07, 6.45) is 1.70. The van der Waals surface area contributed by atoms with Crippen molar-refractivity contribution in [2.45, 2.75) is 0 Å². The Bertz CT molecular complexity index is 358. The average Bonchev–Trinajstić information content (AvgIpc) is 2.33. The van der Waals surface area contributed by atoms with Crippen LogP contribution in [0.2, 0.25) is 0 Å². The third-order valence-electron chi connectivity index (χ3n) is 1.11. The van der Waals surface area contributed by atoms with Crippen LogP contribution in [0.5, 0.6) is 0 Å². The highest BCUT2D eigenvalue weighted by Gasteiger charge is 1.97. The van der Waals surface area contributed by atoms with Crippen LogP contribution in [0.25, 0.3) is 11.0 Å². The molecule has 2 heterocycles. The molecule has 0 atom stereocenters. The van der Waals surface area contributed by atoms with Gasteiger partial charge in [-0.2, -0.15) is 8.75 Å². The van der Waals surface area contributed by atoms with E-state index in [0.717, 1.165) is 15.6 Å². The van der Waals surface area contributed by atoms with E-state index >= 15 is 0 Å². The Balaban J connectivity index is 2.86. The quantitative estimate of drug-likeness (QED) is 0.630. The second-order valence-corrected chi connectivity index (χ2v) is 3.10. The second kappa shape index (κ2) is 2.25. The molecule has 0 aromatic carbocycles. The monoisotopic (exact) mass is 215 g/mol. The first-order valence-electron chi connectivity index (χ1n) is 2.60. The van der Waals surface area contributed by atoms with Gasteiger partial charge in [0.2, 0.25) is 0 Å². The molecular weight excluding hydrogens is 214 g/mol. The summed E-state index contributed by atoms with van der Waals surface area (Å²) >= 11 is 4.44. The van der Waals surface area contributed by atoms with Gasteiger partial charge < -0.3 is 0 Å². The fourth-order valence-corrected chi connectivity index (χ4v) is 1.49. The zero-order chi connectivity index (χ0) is 6.97. The van der Waals surface area contributed by atoms with E-state index in [1.165, 1.54) is 11.7 Å². The summed E-state index contributed by atoms with van der Waals surface area (Å²) in [4.78, 5) is 4.00. The van der Waals surface area contributed by atoms with Gasteiger partial charge in [0.25, 0.3) is 0 Å². The molecule has 0 saturated heterocycles. The summed E-state index contributed by atoms with van der Waals surface area (Å²) < 4.78 is 8.85. The molecule has 0 saturated carbocycles. The molecule has 0 bridgehead atoms. The van der Waals surface area contributed by atoms with Crippen LogP contribution in [0.3, 0.4) is 0 Å². The van der Waals surface area contributed by atoms with E-state index in [1.54, 1.807) is 6.20 Å². The lowest BCUT2D eigenvalue weighted by Gasteiger charge is -1.85. The van der Waals surface area contributed by atoms with Gasteiger partial charge >= 0.3 is 0 Å². The lowest BCUT2D eigenvalue weighted by molar-refractivity contribution is 1.30. The zero-order valence-corrected chi connectivity index (χ0v) is 7.19. The van der Waals surface area contributed by atoms with E-state index in [2.05, 4.69) is 29.7 Å². The van der Waals surface area contributed by atoms with Crippen LogP contribution in [-0.2, 0) is 0 Å². The highest BCUT2D eigenvalue weighted by molar-refractivity contribution is 9.10. The molecule has 0 unspecified atom stereocenters. The zero-order valence-electron chi connectivity index (χ0n) is 4.78. The van der Waals surface area contributed by atoms with Gasteiger partial charge in [-0.1, -0.05) is 0 Å². The fourth-order valence-electron chi connectivity index (χ4n) is 0.665. The summed E-state index contributed by atoms with van der Waals surface area (Å²) in [5.41, 5.74) is 1.75. The summed E-state index contributed by atoms with van der Waals surface area (Å²) in [6.45, 7) is 0. The molecule has 0 spiro atoms. The standard InChI is InChI=1S/C5H2BrN3S/c6-5-1-3-4(2-7-5)9-10-8-3/h1-2H. The predicted octanol–water partition coefficient (Wildman–Crippen LogP) is 1.85. The highest BCUT2D eigenvalue weighted by atomic mass is 79.9. The molecule has 0 aliphatic carbocycles. The third-order valence-corrected chi connectivity index (χ3v) is 2.10. The number of rotatable bonds is 0. The topological polar surface area (TPSA) is 38.7 Å². The van der Waals surface area contributed by atoms with Gasteiger partial charge in [0.1, 0.15) is 15.6 Å². The Kier molecular flexibility index (Phi) is 1.39. The molecule has 3 nitrogen and oxygen atoms in total. The number of fused-ring (bicyclic) bond motifs is 1. The molecule has 2 rings (SSSR count). The number of halogens is 1. The van der Waals surface area contributed by atoms with Crippen molar-refractivity contribution in [2.75, 3.05) is 0 Å². The maximum Gasteiger partial charge on any atom is 0.123 e. The molecule has 0 fully saturated rings. The van der Waals surface area contributed by atoms with Gasteiger partial charge in [-0.15, -0.1) is 0 Å². The number of hydrogen-bond donors (Lipinski definition) is 0. The molecule has 2 aromatic heterocycles. The van der Waals surface area contributed by atoms with Crippen LogP contribution in [0, 0.1) is 0 Å². The van der Waals surface area contributed by atoms with Crippen molar-refractivity contribution in [1.29, 1.82) is 0 Å². The van der Waals surface area contributed by atoms with Gasteiger partial charge in [-0.05, 0) is 22.0 Å². The van der Waals surface area contributed by atoms with Gasteiger partial charge in [0, 0.05) is 0 Å². The van der Waals surface area contributed by atoms with Crippen LogP contribution >= 0.6 is 27.7 Å².